The predicted octanol–water partition coefficient (Wildman–Crippen LogP) is 4.75. The molecule has 0 unspecified atom stereocenters. The van der Waals surface area contributed by atoms with Gasteiger partial charge in [-0.1, -0.05) is 25.1 Å². The lowest BCUT2D eigenvalue weighted by molar-refractivity contribution is -0.119. The zero-order chi connectivity index (χ0) is 15.5. The van der Waals surface area contributed by atoms with Crippen LogP contribution in [-0.4, -0.2) is 24.2 Å². The van der Waals surface area contributed by atoms with Gasteiger partial charge in [-0.25, -0.2) is 4.98 Å². The third-order valence-corrected chi connectivity index (χ3v) is 3.41. The number of hydrogen-bond donors (Lipinski definition) is 0. The summed E-state index contributed by atoms with van der Waals surface area (Å²) >= 11 is 5.92. The second-order valence-electron chi connectivity index (χ2n) is 4.83. The number of benzene rings is 1. The molecule has 2 nitrogen and oxygen atoms in total. The summed E-state index contributed by atoms with van der Waals surface area (Å²) in [5.41, 5.74) is 1.45. The van der Waals surface area contributed by atoms with Gasteiger partial charge in [0.15, 0.2) is 0 Å². The minimum Gasteiger partial charge on any atom is -0.347 e. The van der Waals surface area contributed by atoms with Gasteiger partial charge in [-0.2, -0.15) is 13.2 Å². The van der Waals surface area contributed by atoms with Crippen LogP contribution in [0.3, 0.4) is 0 Å². The Bertz CT molecular complexity index is 613. The fraction of sp³-hybridized carbons (Fsp3) is 0.400. The van der Waals surface area contributed by atoms with Crippen molar-refractivity contribution in [2.24, 2.45) is 0 Å². The number of anilines is 1. The second-order valence-corrected chi connectivity index (χ2v) is 5.09. The fourth-order valence-electron chi connectivity index (χ4n) is 2.27. The summed E-state index contributed by atoms with van der Waals surface area (Å²) in [6.07, 6.45) is -3.65. The highest BCUT2D eigenvalue weighted by Gasteiger charge is 2.31. The molecule has 0 amide bonds. The molecule has 1 heterocycles. The molecule has 0 atom stereocenters. The molecule has 1 aromatic heterocycles. The Morgan fingerprint density at radius 2 is 1.95 bits per heavy atom. The summed E-state index contributed by atoms with van der Waals surface area (Å²) in [5, 5.41) is 0.875. The largest absolute Gasteiger partial charge is 0.405 e. The fourth-order valence-corrected chi connectivity index (χ4v) is 2.49. The molecule has 2 rings (SSSR count). The molecule has 0 aliphatic carbocycles. The Hall–Kier alpha value is -1.49. The highest BCUT2D eigenvalue weighted by Crippen LogP contribution is 2.27. The van der Waals surface area contributed by atoms with Crippen molar-refractivity contribution in [3.05, 3.63) is 35.9 Å². The van der Waals surface area contributed by atoms with Crippen LogP contribution in [0.1, 0.15) is 18.9 Å². The maximum atomic E-state index is 12.7. The average Bonchev–Trinajstić information content (AvgIpc) is 2.44. The summed E-state index contributed by atoms with van der Waals surface area (Å²) in [5.74, 6) is 0.561. The molecule has 0 saturated carbocycles. The van der Waals surface area contributed by atoms with E-state index in [9.17, 15) is 13.2 Å². The maximum Gasteiger partial charge on any atom is 0.405 e. The van der Waals surface area contributed by atoms with Crippen LogP contribution >= 0.6 is 11.6 Å². The van der Waals surface area contributed by atoms with Crippen LogP contribution in [-0.2, 0) is 5.88 Å². The summed E-state index contributed by atoms with van der Waals surface area (Å²) < 4.78 is 38.1. The molecule has 6 heteroatoms. The molecule has 0 spiro atoms. The first-order valence-corrected chi connectivity index (χ1v) is 7.24. The average molecular weight is 317 g/mol. The normalized spacial score (nSPS) is 11.9. The van der Waals surface area contributed by atoms with Crippen LogP contribution in [0.25, 0.3) is 10.9 Å². The van der Waals surface area contributed by atoms with Gasteiger partial charge in [-0.05, 0) is 24.1 Å². The van der Waals surface area contributed by atoms with Crippen LogP contribution in [0.5, 0.6) is 0 Å². The first-order chi connectivity index (χ1) is 9.94. The predicted molar refractivity (Wildman–Crippen MR) is 79.9 cm³/mol. The summed E-state index contributed by atoms with van der Waals surface area (Å²) in [6.45, 7) is 1.13. The van der Waals surface area contributed by atoms with Crippen molar-refractivity contribution < 1.29 is 13.2 Å². The number of aromatic nitrogens is 1. The number of para-hydroxylation sites is 1. The van der Waals surface area contributed by atoms with E-state index in [2.05, 4.69) is 4.98 Å². The third kappa shape index (κ3) is 4.00. The van der Waals surface area contributed by atoms with Crippen LogP contribution in [0.15, 0.2) is 30.3 Å². The van der Waals surface area contributed by atoms with Crippen LogP contribution < -0.4 is 4.90 Å². The van der Waals surface area contributed by atoms with Gasteiger partial charge in [0.25, 0.3) is 0 Å². The second kappa shape index (κ2) is 6.52. The van der Waals surface area contributed by atoms with Gasteiger partial charge in [-0.3, -0.25) is 0 Å². The molecular formula is C15H16ClF3N2. The van der Waals surface area contributed by atoms with Gasteiger partial charge in [0.2, 0.25) is 0 Å². The standard InChI is InChI=1S/C15H16ClF3N2/c1-2-7-21(10-15(17,18)19)14-8-11(9-16)12-5-3-4-6-13(12)20-14/h3-6,8H,2,7,9-10H2,1H3. The van der Waals surface area contributed by atoms with Crippen LogP contribution in [0.2, 0.25) is 0 Å². The first kappa shape index (κ1) is 15.9. The van der Waals surface area contributed by atoms with Crippen molar-refractivity contribution in [3.8, 4) is 0 Å². The summed E-state index contributed by atoms with van der Waals surface area (Å²) in [6, 6.07) is 8.98. The Morgan fingerprint density at radius 3 is 2.57 bits per heavy atom. The number of fused-ring (bicyclic) bond motifs is 1. The first-order valence-electron chi connectivity index (χ1n) is 6.71. The number of hydrogen-bond acceptors (Lipinski definition) is 2. The zero-order valence-electron chi connectivity index (χ0n) is 11.6. The smallest absolute Gasteiger partial charge is 0.347 e. The van der Waals surface area contributed by atoms with E-state index in [0.29, 0.717) is 24.3 Å². The lowest BCUT2D eigenvalue weighted by Crippen LogP contribution is -2.35. The van der Waals surface area contributed by atoms with E-state index in [1.54, 1.807) is 12.1 Å². The zero-order valence-corrected chi connectivity index (χ0v) is 12.4. The summed E-state index contributed by atoms with van der Waals surface area (Å²) in [4.78, 5) is 5.61. The number of halogens is 4. The number of pyridine rings is 1. The number of alkyl halides is 4. The molecule has 1 aromatic carbocycles. The van der Waals surface area contributed by atoms with Gasteiger partial charge >= 0.3 is 6.18 Å². The Labute approximate surface area is 126 Å². The molecule has 0 N–H and O–H groups in total. The van der Waals surface area contributed by atoms with E-state index in [4.69, 9.17) is 11.6 Å². The molecule has 21 heavy (non-hydrogen) atoms. The third-order valence-electron chi connectivity index (χ3n) is 3.12. The minimum atomic E-state index is -4.26. The highest BCUT2D eigenvalue weighted by molar-refractivity contribution is 6.18. The van der Waals surface area contributed by atoms with Gasteiger partial charge in [-0.15, -0.1) is 11.6 Å². The lowest BCUT2D eigenvalue weighted by atomic mass is 10.1. The highest BCUT2D eigenvalue weighted by atomic mass is 35.5. The van der Waals surface area contributed by atoms with E-state index in [0.717, 1.165) is 10.9 Å². The molecule has 0 saturated heterocycles. The molecule has 0 radical (unpaired) electrons. The Morgan fingerprint density at radius 1 is 1.24 bits per heavy atom. The van der Waals surface area contributed by atoms with E-state index >= 15 is 0 Å². The molecule has 0 fully saturated rings. The van der Waals surface area contributed by atoms with Gasteiger partial charge < -0.3 is 4.90 Å². The van der Waals surface area contributed by atoms with Gasteiger partial charge in [0, 0.05) is 17.8 Å². The quantitative estimate of drug-likeness (QED) is 0.740. The van der Waals surface area contributed by atoms with Crippen molar-refractivity contribution >= 4 is 28.3 Å². The molecule has 0 bridgehead atoms. The monoisotopic (exact) mass is 316 g/mol. The van der Waals surface area contributed by atoms with Gasteiger partial charge in [0.1, 0.15) is 12.4 Å². The van der Waals surface area contributed by atoms with Crippen LogP contribution in [0.4, 0.5) is 19.0 Å². The molecular weight excluding hydrogens is 301 g/mol. The Kier molecular flexibility index (Phi) is 4.93. The number of nitrogens with zero attached hydrogens (tertiary/aromatic N) is 2. The van der Waals surface area contributed by atoms with E-state index in [1.807, 2.05) is 25.1 Å². The molecule has 114 valence electrons. The van der Waals surface area contributed by atoms with Crippen molar-refractivity contribution in [2.45, 2.75) is 25.4 Å². The topological polar surface area (TPSA) is 16.1 Å². The van der Waals surface area contributed by atoms with Crippen LogP contribution in [0, 0.1) is 0 Å². The lowest BCUT2D eigenvalue weighted by Gasteiger charge is -2.25. The van der Waals surface area contributed by atoms with E-state index in [1.165, 1.54) is 4.90 Å². The SMILES string of the molecule is CCCN(CC(F)(F)F)c1cc(CCl)c2ccccc2n1. The maximum absolute atomic E-state index is 12.7. The van der Waals surface area contributed by atoms with Gasteiger partial charge in [0.05, 0.1) is 5.52 Å². The van der Waals surface area contributed by atoms with Crippen molar-refractivity contribution in [2.75, 3.05) is 18.0 Å². The van der Waals surface area contributed by atoms with Crippen molar-refractivity contribution in [3.63, 3.8) is 0 Å². The minimum absolute atomic E-state index is 0.238. The van der Waals surface area contributed by atoms with E-state index < -0.39 is 12.7 Å². The summed E-state index contributed by atoms with van der Waals surface area (Å²) in [7, 11) is 0. The van der Waals surface area contributed by atoms with Crippen molar-refractivity contribution in [1.29, 1.82) is 0 Å². The Balaban J connectivity index is 2.47. The van der Waals surface area contributed by atoms with Crippen molar-refractivity contribution in [1.82, 2.24) is 4.98 Å². The molecule has 0 aliphatic heterocycles. The number of rotatable bonds is 5. The molecule has 0 aliphatic rings. The molecule has 2 aromatic rings. The van der Waals surface area contributed by atoms with E-state index in [-0.39, 0.29) is 5.88 Å².